The third kappa shape index (κ3) is 5.60. The Labute approximate surface area is 208 Å². The highest BCUT2D eigenvalue weighted by atomic mass is 16.2. The maximum absolute atomic E-state index is 13.5. The van der Waals surface area contributed by atoms with Crippen molar-refractivity contribution in [3.63, 3.8) is 0 Å². The highest BCUT2D eigenvalue weighted by molar-refractivity contribution is 5.99. The van der Waals surface area contributed by atoms with Crippen LogP contribution in [0.1, 0.15) is 70.9 Å². The van der Waals surface area contributed by atoms with Gasteiger partial charge in [-0.25, -0.2) is 0 Å². The zero-order valence-electron chi connectivity index (χ0n) is 21.3. The monoisotopic (exact) mass is 478 g/mol. The van der Waals surface area contributed by atoms with Crippen LogP contribution in [-0.4, -0.2) is 54.0 Å². The van der Waals surface area contributed by atoms with Gasteiger partial charge in [-0.1, -0.05) is 31.4 Å². The Balaban J connectivity index is 1.55. The van der Waals surface area contributed by atoms with E-state index in [0.29, 0.717) is 38.6 Å². The first kappa shape index (κ1) is 25.0. The minimum atomic E-state index is -0.474. The summed E-state index contributed by atoms with van der Waals surface area (Å²) in [6.45, 7) is 9.72. The minimum Gasteiger partial charge on any atom is -0.368 e. The summed E-state index contributed by atoms with van der Waals surface area (Å²) >= 11 is 0. The summed E-state index contributed by atoms with van der Waals surface area (Å²) < 4.78 is 1.90. The van der Waals surface area contributed by atoms with Crippen LogP contribution >= 0.6 is 0 Å². The van der Waals surface area contributed by atoms with Gasteiger partial charge in [0.25, 0.3) is 11.8 Å². The summed E-state index contributed by atoms with van der Waals surface area (Å²) in [5.41, 5.74) is 3.39. The summed E-state index contributed by atoms with van der Waals surface area (Å²) in [7, 11) is 0. The van der Waals surface area contributed by atoms with Gasteiger partial charge in [-0.05, 0) is 56.7 Å². The zero-order valence-corrected chi connectivity index (χ0v) is 21.3. The number of amides is 2. The van der Waals surface area contributed by atoms with Crippen molar-refractivity contribution in [1.82, 2.24) is 14.8 Å². The molecule has 0 bridgehead atoms. The van der Waals surface area contributed by atoms with Gasteiger partial charge >= 0.3 is 0 Å². The average molecular weight is 479 g/mol. The van der Waals surface area contributed by atoms with Crippen LogP contribution in [0, 0.1) is 19.8 Å². The molecular weight excluding hydrogens is 440 g/mol. The Bertz CT molecular complexity index is 1130. The fraction of sp³-hybridized carbons (Fsp3) is 0.536. The lowest BCUT2D eigenvalue weighted by Gasteiger charge is -2.37. The second kappa shape index (κ2) is 11.1. The lowest BCUT2D eigenvalue weighted by atomic mass is 9.89. The van der Waals surface area contributed by atoms with Crippen molar-refractivity contribution in [3.8, 4) is 0 Å². The Kier molecular flexibility index (Phi) is 7.93. The number of aryl methyl sites for hydroxylation is 1. The molecule has 35 heavy (non-hydrogen) atoms. The summed E-state index contributed by atoms with van der Waals surface area (Å²) in [5.74, 6) is -0.180. The van der Waals surface area contributed by atoms with Gasteiger partial charge in [0.15, 0.2) is 0 Å². The molecule has 1 N–H and O–H groups in total. The van der Waals surface area contributed by atoms with Gasteiger partial charge in [-0.15, -0.1) is 0 Å². The third-order valence-electron chi connectivity index (χ3n) is 7.57. The number of rotatable bonds is 6. The van der Waals surface area contributed by atoms with Gasteiger partial charge < -0.3 is 19.7 Å². The Morgan fingerprint density at radius 3 is 2.34 bits per heavy atom. The van der Waals surface area contributed by atoms with Crippen molar-refractivity contribution < 1.29 is 9.59 Å². The lowest BCUT2D eigenvalue weighted by Crippen LogP contribution is -2.50. The van der Waals surface area contributed by atoms with Crippen LogP contribution in [0.15, 0.2) is 35.4 Å². The number of carbonyl (C=O) groups is 2. The largest absolute Gasteiger partial charge is 0.368 e. The molecule has 188 valence electrons. The van der Waals surface area contributed by atoms with E-state index in [9.17, 15) is 14.4 Å². The quantitative estimate of drug-likeness (QED) is 0.686. The van der Waals surface area contributed by atoms with Crippen LogP contribution in [0.4, 0.5) is 5.69 Å². The maximum atomic E-state index is 13.5. The van der Waals surface area contributed by atoms with E-state index < -0.39 is 11.3 Å². The van der Waals surface area contributed by atoms with Gasteiger partial charge in [-0.3, -0.25) is 14.4 Å². The SMILES string of the molecule is CCNC(=O)c1cn(CC2CCCCC2)cc(C(=O)N2CCN(c3cccc(C)c3C)CC2)c1=O. The number of benzene rings is 1. The predicted octanol–water partition coefficient (Wildman–Crippen LogP) is 3.76. The minimum absolute atomic E-state index is 0.0579. The molecule has 1 aliphatic carbocycles. The molecule has 1 aromatic carbocycles. The van der Waals surface area contributed by atoms with E-state index in [4.69, 9.17) is 0 Å². The molecule has 7 nitrogen and oxygen atoms in total. The predicted molar refractivity (Wildman–Crippen MR) is 139 cm³/mol. The van der Waals surface area contributed by atoms with Crippen molar-refractivity contribution in [2.75, 3.05) is 37.6 Å². The van der Waals surface area contributed by atoms with Gasteiger partial charge in [0, 0.05) is 57.3 Å². The highest BCUT2D eigenvalue weighted by Crippen LogP contribution is 2.26. The summed E-state index contributed by atoms with van der Waals surface area (Å²) in [4.78, 5) is 43.5. The van der Waals surface area contributed by atoms with Crippen LogP contribution < -0.4 is 15.6 Å². The van der Waals surface area contributed by atoms with Crippen LogP contribution in [-0.2, 0) is 6.54 Å². The number of piperazine rings is 1. The second-order valence-corrected chi connectivity index (χ2v) is 9.97. The molecule has 0 spiro atoms. The molecule has 4 rings (SSSR count). The molecule has 2 amide bonds. The molecule has 2 aliphatic rings. The van der Waals surface area contributed by atoms with E-state index in [0.717, 1.165) is 19.4 Å². The second-order valence-electron chi connectivity index (χ2n) is 9.97. The fourth-order valence-corrected chi connectivity index (χ4v) is 5.37. The van der Waals surface area contributed by atoms with Crippen molar-refractivity contribution in [1.29, 1.82) is 0 Å². The molecule has 7 heteroatoms. The molecule has 0 atom stereocenters. The van der Waals surface area contributed by atoms with Crippen molar-refractivity contribution in [2.45, 2.75) is 59.4 Å². The molecule has 1 aromatic heterocycles. The number of aromatic nitrogens is 1. The Morgan fingerprint density at radius 1 is 0.971 bits per heavy atom. The summed E-state index contributed by atoms with van der Waals surface area (Å²) in [6.07, 6.45) is 9.30. The molecule has 2 fully saturated rings. The zero-order chi connectivity index (χ0) is 24.9. The van der Waals surface area contributed by atoms with E-state index in [1.807, 2.05) is 11.5 Å². The Morgan fingerprint density at radius 2 is 1.66 bits per heavy atom. The van der Waals surface area contributed by atoms with Crippen LogP contribution in [0.5, 0.6) is 0 Å². The molecule has 1 saturated carbocycles. The summed E-state index contributed by atoms with van der Waals surface area (Å²) in [6, 6.07) is 6.30. The van der Waals surface area contributed by atoms with Crippen LogP contribution in [0.25, 0.3) is 0 Å². The topological polar surface area (TPSA) is 74.7 Å². The summed E-state index contributed by atoms with van der Waals surface area (Å²) in [5, 5.41) is 2.73. The van der Waals surface area contributed by atoms with E-state index in [2.05, 4.69) is 42.3 Å². The maximum Gasteiger partial charge on any atom is 0.259 e. The number of nitrogens with one attached hydrogen (secondary N) is 1. The number of nitrogens with zero attached hydrogens (tertiary/aromatic N) is 3. The van der Waals surface area contributed by atoms with Crippen molar-refractivity contribution in [2.24, 2.45) is 5.92 Å². The average Bonchev–Trinajstić information content (AvgIpc) is 2.87. The van der Waals surface area contributed by atoms with Crippen LogP contribution in [0.2, 0.25) is 0 Å². The van der Waals surface area contributed by atoms with E-state index in [1.54, 1.807) is 17.3 Å². The van der Waals surface area contributed by atoms with E-state index >= 15 is 0 Å². The van der Waals surface area contributed by atoms with Gasteiger partial charge in [-0.2, -0.15) is 0 Å². The first-order chi connectivity index (χ1) is 16.9. The molecule has 2 aromatic rings. The normalized spacial score (nSPS) is 16.9. The van der Waals surface area contributed by atoms with Crippen molar-refractivity contribution >= 4 is 17.5 Å². The molecule has 0 unspecified atom stereocenters. The number of hydrogen-bond acceptors (Lipinski definition) is 4. The number of pyridine rings is 1. The standard InChI is InChI=1S/C28H38N4O3/c1-4-29-27(34)23-18-30(17-22-10-6-5-7-11-22)19-24(26(23)33)28(35)32-15-13-31(14-16-32)25-12-8-9-20(2)21(25)3/h8-9,12,18-19,22H,4-7,10-11,13-17H2,1-3H3,(H,29,34). The van der Waals surface area contributed by atoms with Gasteiger partial charge in [0.2, 0.25) is 5.43 Å². The lowest BCUT2D eigenvalue weighted by molar-refractivity contribution is 0.0744. The van der Waals surface area contributed by atoms with Crippen molar-refractivity contribution in [3.05, 3.63) is 63.1 Å². The van der Waals surface area contributed by atoms with Crippen LogP contribution in [0.3, 0.4) is 0 Å². The first-order valence-electron chi connectivity index (χ1n) is 13.0. The number of carbonyl (C=O) groups excluding carboxylic acids is 2. The Hall–Kier alpha value is -3.09. The smallest absolute Gasteiger partial charge is 0.259 e. The third-order valence-corrected chi connectivity index (χ3v) is 7.57. The van der Waals surface area contributed by atoms with Gasteiger partial charge in [0.05, 0.1) is 0 Å². The van der Waals surface area contributed by atoms with Gasteiger partial charge in [0.1, 0.15) is 11.1 Å². The number of hydrogen-bond donors (Lipinski definition) is 1. The molecule has 2 heterocycles. The molecule has 1 aliphatic heterocycles. The number of anilines is 1. The molecule has 0 radical (unpaired) electrons. The molecular formula is C28H38N4O3. The molecule has 1 saturated heterocycles. The highest BCUT2D eigenvalue weighted by Gasteiger charge is 2.27. The first-order valence-corrected chi connectivity index (χ1v) is 13.0. The fourth-order valence-electron chi connectivity index (χ4n) is 5.37. The van der Waals surface area contributed by atoms with E-state index in [-0.39, 0.29) is 17.0 Å². The van der Waals surface area contributed by atoms with E-state index in [1.165, 1.54) is 36.1 Å².